The molecule has 2 rings (SSSR count). The van der Waals surface area contributed by atoms with Crippen molar-refractivity contribution in [3.8, 4) is 0 Å². The van der Waals surface area contributed by atoms with Gasteiger partial charge in [0, 0.05) is 65.4 Å². The lowest BCUT2D eigenvalue weighted by molar-refractivity contribution is -0.122. The average molecular weight is 539 g/mol. The monoisotopic (exact) mass is 539 g/mol. The lowest BCUT2D eigenvalue weighted by Gasteiger charge is -2.36. The van der Waals surface area contributed by atoms with Crippen molar-refractivity contribution in [1.29, 1.82) is 0 Å². The van der Waals surface area contributed by atoms with Crippen LogP contribution in [-0.2, 0) is 9.53 Å². The molecule has 1 aromatic rings. The van der Waals surface area contributed by atoms with Crippen LogP contribution in [0, 0.1) is 11.6 Å². The number of guanidine groups is 1. The number of hydrogen-bond donors (Lipinski definition) is 2. The van der Waals surface area contributed by atoms with Crippen molar-refractivity contribution in [2.75, 3.05) is 66.6 Å². The third kappa shape index (κ3) is 8.31. The quantitative estimate of drug-likeness (QED) is 0.228. The number of amides is 1. The van der Waals surface area contributed by atoms with Crippen LogP contribution in [0.25, 0.3) is 0 Å². The highest BCUT2D eigenvalue weighted by Crippen LogP contribution is 2.19. The molecule has 10 heteroatoms. The number of hydrogen-bond acceptors (Lipinski definition) is 4. The second-order valence-corrected chi connectivity index (χ2v) is 7.10. The molecule has 1 atom stereocenters. The Bertz CT molecular complexity index is 700. The highest BCUT2D eigenvalue weighted by Gasteiger charge is 2.21. The number of nitrogens with zero attached hydrogens (tertiary/aromatic N) is 3. The largest absolute Gasteiger partial charge is 0.383 e. The molecular weight excluding hydrogens is 507 g/mol. The molecule has 1 heterocycles. The van der Waals surface area contributed by atoms with Crippen molar-refractivity contribution < 1.29 is 18.3 Å². The molecule has 1 unspecified atom stereocenters. The van der Waals surface area contributed by atoms with Gasteiger partial charge >= 0.3 is 0 Å². The van der Waals surface area contributed by atoms with Crippen LogP contribution in [0.3, 0.4) is 0 Å². The molecule has 0 bridgehead atoms. The van der Waals surface area contributed by atoms with Gasteiger partial charge in [-0.25, -0.2) is 8.78 Å². The Labute approximate surface area is 194 Å². The lowest BCUT2D eigenvalue weighted by atomic mass is 10.0. The van der Waals surface area contributed by atoms with Gasteiger partial charge in [-0.05, 0) is 11.6 Å². The van der Waals surface area contributed by atoms with E-state index in [0.717, 1.165) is 38.2 Å². The van der Waals surface area contributed by atoms with E-state index < -0.39 is 11.6 Å². The van der Waals surface area contributed by atoms with Crippen molar-refractivity contribution in [1.82, 2.24) is 20.4 Å². The molecular formula is C20H32F2IN5O2. The Morgan fingerprint density at radius 3 is 2.53 bits per heavy atom. The van der Waals surface area contributed by atoms with E-state index in [-0.39, 0.29) is 35.8 Å². The summed E-state index contributed by atoms with van der Waals surface area (Å²) in [5, 5.41) is 6.10. The Hall–Kier alpha value is -1.53. The van der Waals surface area contributed by atoms with E-state index in [9.17, 15) is 13.6 Å². The zero-order valence-corrected chi connectivity index (χ0v) is 20.1. The van der Waals surface area contributed by atoms with Crippen LogP contribution < -0.4 is 10.6 Å². The normalized spacial score (nSPS) is 16.0. The number of ether oxygens (including phenoxy) is 1. The van der Waals surface area contributed by atoms with E-state index in [1.807, 2.05) is 6.92 Å². The second-order valence-electron chi connectivity index (χ2n) is 7.10. The molecule has 2 N–H and O–H groups in total. The van der Waals surface area contributed by atoms with Crippen LogP contribution in [0.4, 0.5) is 8.78 Å². The molecule has 1 amide bonds. The summed E-state index contributed by atoms with van der Waals surface area (Å²) in [5.74, 6) is -0.514. The summed E-state index contributed by atoms with van der Waals surface area (Å²) in [4.78, 5) is 20.4. The number of nitrogens with one attached hydrogen (secondary N) is 2. The van der Waals surface area contributed by atoms with Crippen LogP contribution in [0.2, 0.25) is 0 Å². The van der Waals surface area contributed by atoms with Crippen molar-refractivity contribution in [3.63, 3.8) is 0 Å². The molecule has 1 aliphatic heterocycles. The highest BCUT2D eigenvalue weighted by molar-refractivity contribution is 14.0. The molecule has 1 aliphatic rings. The smallest absolute Gasteiger partial charge is 0.234 e. The molecule has 1 aromatic carbocycles. The van der Waals surface area contributed by atoms with E-state index in [1.54, 1.807) is 14.2 Å². The minimum absolute atomic E-state index is 0. The molecule has 0 spiro atoms. The minimum atomic E-state index is -0.576. The SMILES string of the molecule is CN=C(NCC(C)c1ccc(F)cc1F)N1CCN(CC(=O)NCCOC)CC1.I. The predicted octanol–water partition coefficient (Wildman–Crippen LogP) is 1.64. The number of halogens is 3. The number of carbonyl (C=O) groups is 1. The first-order chi connectivity index (χ1) is 13.9. The van der Waals surface area contributed by atoms with E-state index in [2.05, 4.69) is 25.4 Å². The first-order valence-corrected chi connectivity index (χ1v) is 9.83. The molecule has 30 heavy (non-hydrogen) atoms. The number of benzene rings is 1. The molecule has 0 aliphatic carbocycles. The summed E-state index contributed by atoms with van der Waals surface area (Å²) in [7, 11) is 3.31. The fraction of sp³-hybridized carbons (Fsp3) is 0.600. The van der Waals surface area contributed by atoms with Gasteiger partial charge in [-0.1, -0.05) is 13.0 Å². The van der Waals surface area contributed by atoms with Gasteiger partial charge in [0.05, 0.1) is 13.2 Å². The van der Waals surface area contributed by atoms with Crippen molar-refractivity contribution >= 4 is 35.8 Å². The van der Waals surface area contributed by atoms with Crippen molar-refractivity contribution in [3.05, 3.63) is 35.4 Å². The Morgan fingerprint density at radius 2 is 1.93 bits per heavy atom. The first-order valence-electron chi connectivity index (χ1n) is 9.83. The standard InChI is InChI=1S/C20H31F2N5O2.HI/c1-15(17-5-4-16(21)12-18(17)22)13-25-20(23-2)27-9-7-26(8-10-27)14-19(28)24-6-11-29-3;/h4-5,12,15H,6-11,13-14H2,1-3H3,(H,23,25)(H,24,28);1H. The number of aliphatic imine (C=N–C) groups is 1. The van der Waals surface area contributed by atoms with Gasteiger partial charge < -0.3 is 20.3 Å². The molecule has 0 saturated carbocycles. The molecule has 170 valence electrons. The van der Waals surface area contributed by atoms with Crippen LogP contribution in [0.5, 0.6) is 0 Å². The number of methoxy groups -OCH3 is 1. The molecule has 1 fully saturated rings. The zero-order chi connectivity index (χ0) is 21.2. The maximum Gasteiger partial charge on any atom is 0.234 e. The number of piperazine rings is 1. The van der Waals surface area contributed by atoms with Crippen LogP contribution >= 0.6 is 24.0 Å². The fourth-order valence-electron chi connectivity index (χ4n) is 3.26. The van der Waals surface area contributed by atoms with Gasteiger partial charge in [-0.3, -0.25) is 14.7 Å². The first kappa shape index (κ1) is 26.5. The summed E-state index contributed by atoms with van der Waals surface area (Å²) in [6, 6.07) is 3.66. The van der Waals surface area contributed by atoms with E-state index in [0.29, 0.717) is 31.8 Å². The van der Waals surface area contributed by atoms with Gasteiger partial charge in [0.15, 0.2) is 5.96 Å². The Balaban J connectivity index is 0.00000450. The van der Waals surface area contributed by atoms with Gasteiger partial charge in [-0.15, -0.1) is 24.0 Å². The lowest BCUT2D eigenvalue weighted by Crippen LogP contribution is -2.54. The summed E-state index contributed by atoms with van der Waals surface area (Å²) in [6.45, 7) is 6.73. The average Bonchev–Trinajstić information content (AvgIpc) is 2.69. The van der Waals surface area contributed by atoms with E-state index in [4.69, 9.17) is 4.74 Å². The maximum atomic E-state index is 14.0. The third-order valence-corrected chi connectivity index (χ3v) is 4.94. The maximum absolute atomic E-state index is 14.0. The third-order valence-electron chi connectivity index (χ3n) is 4.94. The topological polar surface area (TPSA) is 69.2 Å². The van der Waals surface area contributed by atoms with Gasteiger partial charge in [-0.2, -0.15) is 0 Å². The Morgan fingerprint density at radius 1 is 1.23 bits per heavy atom. The summed E-state index contributed by atoms with van der Waals surface area (Å²) in [6.07, 6.45) is 0. The van der Waals surface area contributed by atoms with Crippen molar-refractivity contribution in [2.24, 2.45) is 4.99 Å². The highest BCUT2D eigenvalue weighted by atomic mass is 127. The van der Waals surface area contributed by atoms with Crippen molar-refractivity contribution in [2.45, 2.75) is 12.8 Å². The van der Waals surface area contributed by atoms with E-state index >= 15 is 0 Å². The summed E-state index contributed by atoms with van der Waals surface area (Å²) < 4.78 is 32.0. The van der Waals surface area contributed by atoms with Gasteiger partial charge in [0.1, 0.15) is 11.6 Å². The second kappa shape index (κ2) is 13.7. The summed E-state index contributed by atoms with van der Waals surface area (Å²) in [5.41, 5.74) is 0.471. The molecule has 1 saturated heterocycles. The molecule has 0 aromatic heterocycles. The molecule has 0 radical (unpaired) electrons. The fourth-order valence-corrected chi connectivity index (χ4v) is 3.26. The number of carbonyl (C=O) groups excluding carboxylic acids is 1. The van der Waals surface area contributed by atoms with Crippen LogP contribution in [0.1, 0.15) is 18.4 Å². The Kier molecular flexibility index (Phi) is 12.1. The predicted molar refractivity (Wildman–Crippen MR) is 124 cm³/mol. The number of rotatable bonds is 8. The van der Waals surface area contributed by atoms with Gasteiger partial charge in [0.2, 0.25) is 5.91 Å². The molecule has 7 nitrogen and oxygen atoms in total. The van der Waals surface area contributed by atoms with Crippen LogP contribution in [-0.4, -0.2) is 88.2 Å². The van der Waals surface area contributed by atoms with E-state index in [1.165, 1.54) is 12.1 Å². The van der Waals surface area contributed by atoms with Crippen LogP contribution in [0.15, 0.2) is 23.2 Å². The van der Waals surface area contributed by atoms with Gasteiger partial charge in [0.25, 0.3) is 0 Å². The summed E-state index contributed by atoms with van der Waals surface area (Å²) >= 11 is 0. The zero-order valence-electron chi connectivity index (χ0n) is 17.8. The minimum Gasteiger partial charge on any atom is -0.383 e.